The quantitative estimate of drug-likeness (QED) is 0.920. The summed E-state index contributed by atoms with van der Waals surface area (Å²) in [4.78, 5) is 6.44. The standard InChI is InChI=1S/C13H22BrN3S/c1-3-16-5-6-17(9-10(16)2)12(8-15)13-11(14)4-7-18-13/h4,7,10,12H,3,5-6,8-9,15H2,1-2H3. The molecule has 2 atom stereocenters. The van der Waals surface area contributed by atoms with Gasteiger partial charge in [-0.05, 0) is 40.8 Å². The van der Waals surface area contributed by atoms with Gasteiger partial charge in [0, 0.05) is 41.6 Å². The number of piperazine rings is 1. The molecule has 0 aromatic carbocycles. The molecular formula is C13H22BrN3S. The first kappa shape index (κ1) is 14.5. The van der Waals surface area contributed by atoms with Crippen LogP contribution in [0.5, 0.6) is 0 Å². The van der Waals surface area contributed by atoms with Gasteiger partial charge in [-0.1, -0.05) is 6.92 Å². The minimum absolute atomic E-state index is 0.362. The Kier molecular flexibility index (Phi) is 5.21. The van der Waals surface area contributed by atoms with Gasteiger partial charge >= 0.3 is 0 Å². The summed E-state index contributed by atoms with van der Waals surface area (Å²) in [6.07, 6.45) is 0. The molecule has 3 nitrogen and oxygen atoms in total. The fourth-order valence-corrected chi connectivity index (χ4v) is 4.53. The summed E-state index contributed by atoms with van der Waals surface area (Å²) in [5.41, 5.74) is 6.01. The summed E-state index contributed by atoms with van der Waals surface area (Å²) < 4.78 is 1.20. The fourth-order valence-electron chi connectivity index (χ4n) is 2.74. The largest absolute Gasteiger partial charge is 0.329 e. The maximum Gasteiger partial charge on any atom is 0.0576 e. The third-order valence-corrected chi connectivity index (χ3v) is 5.79. The molecule has 0 radical (unpaired) electrons. The molecule has 2 heterocycles. The van der Waals surface area contributed by atoms with Crippen LogP contribution in [0.4, 0.5) is 0 Å². The Balaban J connectivity index is 2.08. The van der Waals surface area contributed by atoms with E-state index in [-0.39, 0.29) is 0 Å². The van der Waals surface area contributed by atoms with Crippen LogP contribution < -0.4 is 5.73 Å². The maximum atomic E-state index is 6.01. The molecule has 5 heteroatoms. The van der Waals surface area contributed by atoms with E-state index in [2.05, 4.69) is 51.0 Å². The number of nitrogens with zero attached hydrogens (tertiary/aromatic N) is 2. The highest BCUT2D eigenvalue weighted by atomic mass is 79.9. The second kappa shape index (κ2) is 6.48. The summed E-state index contributed by atoms with van der Waals surface area (Å²) in [6, 6.07) is 3.10. The molecule has 0 bridgehead atoms. The van der Waals surface area contributed by atoms with E-state index in [1.807, 2.05) is 0 Å². The molecule has 2 rings (SSSR count). The number of rotatable bonds is 4. The van der Waals surface area contributed by atoms with E-state index in [4.69, 9.17) is 5.73 Å². The predicted molar refractivity (Wildman–Crippen MR) is 82.1 cm³/mol. The predicted octanol–water partition coefficient (Wildman–Crippen LogP) is 2.54. The number of hydrogen-bond acceptors (Lipinski definition) is 4. The average Bonchev–Trinajstić information content (AvgIpc) is 2.77. The van der Waals surface area contributed by atoms with Crippen molar-refractivity contribution in [2.75, 3.05) is 32.7 Å². The molecule has 0 saturated carbocycles. The lowest BCUT2D eigenvalue weighted by Gasteiger charge is -2.42. The number of halogens is 1. The van der Waals surface area contributed by atoms with Crippen LogP contribution in [-0.2, 0) is 0 Å². The summed E-state index contributed by atoms with van der Waals surface area (Å²) in [5, 5.41) is 2.13. The van der Waals surface area contributed by atoms with Gasteiger partial charge in [-0.15, -0.1) is 11.3 Å². The number of nitrogens with two attached hydrogens (primary N) is 1. The van der Waals surface area contributed by atoms with Gasteiger partial charge < -0.3 is 5.73 Å². The third-order valence-electron chi connectivity index (χ3n) is 3.81. The van der Waals surface area contributed by atoms with Crippen molar-refractivity contribution in [3.8, 4) is 0 Å². The number of likely N-dealkylation sites (N-methyl/N-ethyl adjacent to an activating group) is 1. The summed E-state index contributed by atoms with van der Waals surface area (Å²) >= 11 is 5.43. The van der Waals surface area contributed by atoms with Gasteiger partial charge in [0.2, 0.25) is 0 Å². The van der Waals surface area contributed by atoms with Gasteiger partial charge in [-0.25, -0.2) is 0 Å². The highest BCUT2D eigenvalue weighted by molar-refractivity contribution is 9.10. The van der Waals surface area contributed by atoms with E-state index >= 15 is 0 Å². The van der Waals surface area contributed by atoms with Crippen molar-refractivity contribution in [1.82, 2.24) is 9.80 Å². The monoisotopic (exact) mass is 331 g/mol. The Labute approximate surface area is 122 Å². The van der Waals surface area contributed by atoms with E-state index in [1.54, 1.807) is 11.3 Å². The molecule has 18 heavy (non-hydrogen) atoms. The second-order valence-corrected chi connectivity index (χ2v) is 6.66. The zero-order chi connectivity index (χ0) is 13.1. The molecule has 0 amide bonds. The second-order valence-electron chi connectivity index (χ2n) is 4.86. The Morgan fingerprint density at radius 3 is 2.83 bits per heavy atom. The minimum atomic E-state index is 0.362. The summed E-state index contributed by atoms with van der Waals surface area (Å²) in [7, 11) is 0. The Morgan fingerprint density at radius 1 is 1.56 bits per heavy atom. The SMILES string of the molecule is CCN1CCN(C(CN)c2sccc2Br)CC1C. The van der Waals surface area contributed by atoms with E-state index in [9.17, 15) is 0 Å². The minimum Gasteiger partial charge on any atom is -0.329 e. The highest BCUT2D eigenvalue weighted by Gasteiger charge is 2.29. The van der Waals surface area contributed by atoms with Crippen LogP contribution in [-0.4, -0.2) is 48.6 Å². The van der Waals surface area contributed by atoms with Crippen molar-refractivity contribution in [2.24, 2.45) is 5.73 Å². The van der Waals surface area contributed by atoms with Crippen LogP contribution in [0, 0.1) is 0 Å². The normalized spacial score (nSPS) is 24.3. The Morgan fingerprint density at radius 2 is 2.33 bits per heavy atom. The molecule has 1 aliphatic rings. The lowest BCUT2D eigenvalue weighted by atomic mass is 10.1. The van der Waals surface area contributed by atoms with Crippen molar-refractivity contribution in [3.63, 3.8) is 0 Å². The lowest BCUT2D eigenvalue weighted by molar-refractivity contribution is 0.0615. The average molecular weight is 332 g/mol. The molecule has 1 fully saturated rings. The van der Waals surface area contributed by atoms with Crippen molar-refractivity contribution in [2.45, 2.75) is 25.9 Å². The van der Waals surface area contributed by atoms with Crippen LogP contribution in [0.15, 0.2) is 15.9 Å². The first-order valence-electron chi connectivity index (χ1n) is 6.58. The highest BCUT2D eigenvalue weighted by Crippen LogP contribution is 2.33. The lowest BCUT2D eigenvalue weighted by Crippen LogP contribution is -2.53. The van der Waals surface area contributed by atoms with Gasteiger partial charge in [0.1, 0.15) is 0 Å². The van der Waals surface area contributed by atoms with E-state index in [0.717, 1.165) is 26.2 Å². The van der Waals surface area contributed by atoms with Crippen LogP contribution in [0.1, 0.15) is 24.8 Å². The van der Waals surface area contributed by atoms with Crippen LogP contribution in [0.25, 0.3) is 0 Å². The van der Waals surface area contributed by atoms with Gasteiger partial charge in [-0.2, -0.15) is 0 Å². The fraction of sp³-hybridized carbons (Fsp3) is 0.692. The van der Waals surface area contributed by atoms with Gasteiger partial charge in [0.05, 0.1) is 6.04 Å². The first-order chi connectivity index (χ1) is 8.67. The smallest absolute Gasteiger partial charge is 0.0576 e. The van der Waals surface area contributed by atoms with Crippen molar-refractivity contribution >= 4 is 27.3 Å². The van der Waals surface area contributed by atoms with Crippen molar-refractivity contribution < 1.29 is 0 Å². The van der Waals surface area contributed by atoms with Gasteiger partial charge in [-0.3, -0.25) is 9.80 Å². The molecule has 2 unspecified atom stereocenters. The Bertz CT molecular complexity index is 382. The maximum absolute atomic E-state index is 6.01. The zero-order valence-electron chi connectivity index (χ0n) is 11.1. The first-order valence-corrected chi connectivity index (χ1v) is 8.25. The van der Waals surface area contributed by atoms with Crippen LogP contribution >= 0.6 is 27.3 Å². The third kappa shape index (κ3) is 2.96. The van der Waals surface area contributed by atoms with E-state index < -0.39 is 0 Å². The molecule has 2 N–H and O–H groups in total. The topological polar surface area (TPSA) is 32.5 Å². The van der Waals surface area contributed by atoms with Crippen molar-refractivity contribution in [3.05, 3.63) is 20.8 Å². The molecule has 1 saturated heterocycles. The molecule has 1 aliphatic heterocycles. The molecule has 1 aromatic heterocycles. The summed E-state index contributed by atoms with van der Waals surface area (Å²) in [5.74, 6) is 0. The van der Waals surface area contributed by atoms with Gasteiger partial charge in [0.15, 0.2) is 0 Å². The molecule has 0 spiro atoms. The molecule has 0 aliphatic carbocycles. The van der Waals surface area contributed by atoms with Crippen molar-refractivity contribution in [1.29, 1.82) is 0 Å². The number of thiophene rings is 1. The number of hydrogen-bond donors (Lipinski definition) is 1. The Hall–Kier alpha value is 0.0600. The summed E-state index contributed by atoms with van der Waals surface area (Å²) in [6.45, 7) is 9.76. The van der Waals surface area contributed by atoms with Gasteiger partial charge in [0.25, 0.3) is 0 Å². The molecule has 1 aromatic rings. The van der Waals surface area contributed by atoms with Crippen LogP contribution in [0.2, 0.25) is 0 Å². The van der Waals surface area contributed by atoms with E-state index in [1.165, 1.54) is 9.35 Å². The molecular weight excluding hydrogens is 310 g/mol. The molecule has 102 valence electrons. The zero-order valence-corrected chi connectivity index (χ0v) is 13.5. The van der Waals surface area contributed by atoms with Crippen LogP contribution in [0.3, 0.4) is 0 Å². The van der Waals surface area contributed by atoms with E-state index in [0.29, 0.717) is 18.6 Å².